The summed E-state index contributed by atoms with van der Waals surface area (Å²) in [7, 11) is 0. The van der Waals surface area contributed by atoms with E-state index in [0.29, 0.717) is 12.0 Å². The third-order valence-corrected chi connectivity index (χ3v) is 2.97. The van der Waals surface area contributed by atoms with Gasteiger partial charge in [0.1, 0.15) is 0 Å². The first-order valence-electron chi connectivity index (χ1n) is 6.23. The largest absolute Gasteiger partial charge is 0.396 e. The van der Waals surface area contributed by atoms with Crippen molar-refractivity contribution in [1.82, 2.24) is 0 Å². The predicted octanol–water partition coefficient (Wildman–Crippen LogP) is 4.15. The van der Waals surface area contributed by atoms with Gasteiger partial charge in [0.05, 0.1) is 0 Å². The van der Waals surface area contributed by atoms with Crippen LogP contribution in [-0.4, -0.2) is 11.7 Å². The highest BCUT2D eigenvalue weighted by Crippen LogP contribution is 2.29. The Morgan fingerprint density at radius 3 is 1.93 bits per heavy atom. The van der Waals surface area contributed by atoms with Crippen LogP contribution in [0.4, 0.5) is 0 Å². The molecule has 0 unspecified atom stereocenters. The molecule has 0 aliphatic heterocycles. The minimum absolute atomic E-state index is 0.353. The lowest BCUT2D eigenvalue weighted by Gasteiger charge is -2.24. The summed E-state index contributed by atoms with van der Waals surface area (Å²) in [4.78, 5) is 0. The standard InChI is InChI=1S/C13H28O/c1-4-5-6-7-10-13(2,3)11-8-9-12-14/h14H,4-12H2,1-3H3. The average molecular weight is 200 g/mol. The molecule has 0 aromatic heterocycles. The summed E-state index contributed by atoms with van der Waals surface area (Å²) in [6, 6.07) is 0. The fourth-order valence-electron chi connectivity index (χ4n) is 1.87. The van der Waals surface area contributed by atoms with Crippen LogP contribution in [0, 0.1) is 5.41 Å². The summed E-state index contributed by atoms with van der Waals surface area (Å²) in [6.45, 7) is 7.32. The topological polar surface area (TPSA) is 20.2 Å². The smallest absolute Gasteiger partial charge is 0.0431 e. The van der Waals surface area contributed by atoms with Crippen LogP contribution in [0.2, 0.25) is 0 Å². The lowest BCUT2D eigenvalue weighted by molar-refractivity contribution is 0.248. The lowest BCUT2D eigenvalue weighted by Crippen LogP contribution is -2.11. The van der Waals surface area contributed by atoms with E-state index >= 15 is 0 Å². The molecule has 0 aromatic rings. The molecule has 1 heteroatoms. The van der Waals surface area contributed by atoms with Gasteiger partial charge in [0.2, 0.25) is 0 Å². The van der Waals surface area contributed by atoms with E-state index in [4.69, 9.17) is 5.11 Å². The number of unbranched alkanes of at least 4 members (excludes halogenated alkanes) is 4. The SMILES string of the molecule is CCCCCCC(C)(C)CCCCO. The van der Waals surface area contributed by atoms with Gasteiger partial charge >= 0.3 is 0 Å². The lowest BCUT2D eigenvalue weighted by atomic mass is 9.82. The fraction of sp³-hybridized carbons (Fsp3) is 1.00. The van der Waals surface area contributed by atoms with Gasteiger partial charge in [-0.05, 0) is 24.7 Å². The molecule has 0 radical (unpaired) electrons. The van der Waals surface area contributed by atoms with E-state index < -0.39 is 0 Å². The molecule has 0 spiro atoms. The van der Waals surface area contributed by atoms with Gasteiger partial charge in [-0.15, -0.1) is 0 Å². The van der Waals surface area contributed by atoms with Crippen molar-refractivity contribution in [3.8, 4) is 0 Å². The first-order valence-corrected chi connectivity index (χ1v) is 6.23. The Labute approximate surface area is 89.9 Å². The maximum absolute atomic E-state index is 8.71. The van der Waals surface area contributed by atoms with Gasteiger partial charge < -0.3 is 5.11 Å². The molecule has 0 bridgehead atoms. The van der Waals surface area contributed by atoms with E-state index in [2.05, 4.69) is 20.8 Å². The predicted molar refractivity (Wildman–Crippen MR) is 63.5 cm³/mol. The molecule has 14 heavy (non-hydrogen) atoms. The molecule has 0 aliphatic rings. The van der Waals surface area contributed by atoms with Crippen LogP contribution in [0.25, 0.3) is 0 Å². The van der Waals surface area contributed by atoms with Gasteiger partial charge in [-0.25, -0.2) is 0 Å². The second kappa shape index (κ2) is 8.28. The molecule has 0 fully saturated rings. The quantitative estimate of drug-likeness (QED) is 0.554. The van der Waals surface area contributed by atoms with Gasteiger partial charge in [-0.1, -0.05) is 52.9 Å². The second-order valence-electron chi connectivity index (χ2n) is 5.16. The van der Waals surface area contributed by atoms with E-state index in [0.717, 1.165) is 6.42 Å². The zero-order valence-corrected chi connectivity index (χ0v) is 10.3. The molecule has 1 nitrogen and oxygen atoms in total. The molecular weight excluding hydrogens is 172 g/mol. The van der Waals surface area contributed by atoms with Crippen LogP contribution in [0.5, 0.6) is 0 Å². The minimum atomic E-state index is 0.353. The summed E-state index contributed by atoms with van der Waals surface area (Å²) >= 11 is 0. The zero-order valence-electron chi connectivity index (χ0n) is 10.3. The van der Waals surface area contributed by atoms with Crippen molar-refractivity contribution >= 4 is 0 Å². The number of aliphatic hydroxyl groups is 1. The third-order valence-electron chi connectivity index (χ3n) is 2.97. The first kappa shape index (κ1) is 14.0. The summed E-state index contributed by atoms with van der Waals surface area (Å²) in [6.07, 6.45) is 10.2. The van der Waals surface area contributed by atoms with Gasteiger partial charge in [-0.2, -0.15) is 0 Å². The highest BCUT2D eigenvalue weighted by molar-refractivity contribution is 4.68. The zero-order chi connectivity index (χ0) is 10.9. The van der Waals surface area contributed by atoms with Gasteiger partial charge in [0, 0.05) is 6.61 Å². The Hall–Kier alpha value is -0.0400. The van der Waals surface area contributed by atoms with E-state index in [1.807, 2.05) is 0 Å². The average Bonchev–Trinajstić information content (AvgIpc) is 2.13. The number of hydrogen-bond donors (Lipinski definition) is 1. The highest BCUT2D eigenvalue weighted by Gasteiger charge is 2.16. The fourth-order valence-corrected chi connectivity index (χ4v) is 1.87. The van der Waals surface area contributed by atoms with Crippen LogP contribution < -0.4 is 0 Å². The normalized spacial score (nSPS) is 12.0. The van der Waals surface area contributed by atoms with Crippen molar-refractivity contribution in [2.45, 2.75) is 72.1 Å². The van der Waals surface area contributed by atoms with Crippen molar-refractivity contribution < 1.29 is 5.11 Å². The molecule has 0 atom stereocenters. The van der Waals surface area contributed by atoms with E-state index in [1.54, 1.807) is 0 Å². The molecule has 86 valence electrons. The highest BCUT2D eigenvalue weighted by atomic mass is 16.2. The van der Waals surface area contributed by atoms with Gasteiger partial charge in [0.25, 0.3) is 0 Å². The summed E-state index contributed by atoms with van der Waals surface area (Å²) < 4.78 is 0. The molecule has 0 rings (SSSR count). The Kier molecular flexibility index (Phi) is 8.26. The number of rotatable bonds is 9. The van der Waals surface area contributed by atoms with E-state index in [-0.39, 0.29) is 0 Å². The van der Waals surface area contributed by atoms with Crippen molar-refractivity contribution in [3.63, 3.8) is 0 Å². The molecule has 0 heterocycles. The Balaban J connectivity index is 3.40. The maximum Gasteiger partial charge on any atom is 0.0431 e. The number of aliphatic hydroxyl groups excluding tert-OH is 1. The molecule has 1 N–H and O–H groups in total. The summed E-state index contributed by atoms with van der Waals surface area (Å²) in [5.74, 6) is 0. The van der Waals surface area contributed by atoms with Crippen molar-refractivity contribution in [1.29, 1.82) is 0 Å². The van der Waals surface area contributed by atoms with Crippen molar-refractivity contribution in [2.75, 3.05) is 6.61 Å². The monoisotopic (exact) mass is 200 g/mol. The first-order chi connectivity index (χ1) is 6.62. The molecule has 0 saturated carbocycles. The van der Waals surface area contributed by atoms with Crippen LogP contribution in [0.3, 0.4) is 0 Å². The van der Waals surface area contributed by atoms with Crippen LogP contribution in [-0.2, 0) is 0 Å². The van der Waals surface area contributed by atoms with Crippen molar-refractivity contribution in [3.05, 3.63) is 0 Å². The second-order valence-corrected chi connectivity index (χ2v) is 5.16. The summed E-state index contributed by atoms with van der Waals surface area (Å²) in [5.41, 5.74) is 0.489. The van der Waals surface area contributed by atoms with Crippen molar-refractivity contribution in [2.24, 2.45) is 5.41 Å². The van der Waals surface area contributed by atoms with E-state index in [1.165, 1.54) is 44.9 Å². The van der Waals surface area contributed by atoms with Crippen LogP contribution in [0.15, 0.2) is 0 Å². The molecule has 0 amide bonds. The van der Waals surface area contributed by atoms with E-state index in [9.17, 15) is 0 Å². The summed E-state index contributed by atoms with van der Waals surface area (Å²) in [5, 5.41) is 8.71. The maximum atomic E-state index is 8.71. The number of hydrogen-bond acceptors (Lipinski definition) is 1. The Morgan fingerprint density at radius 1 is 0.857 bits per heavy atom. The van der Waals surface area contributed by atoms with Gasteiger partial charge in [-0.3, -0.25) is 0 Å². The third kappa shape index (κ3) is 8.55. The molecule has 0 aromatic carbocycles. The van der Waals surface area contributed by atoms with Crippen LogP contribution >= 0.6 is 0 Å². The Morgan fingerprint density at radius 2 is 1.43 bits per heavy atom. The molecule has 0 aliphatic carbocycles. The molecule has 0 saturated heterocycles. The minimum Gasteiger partial charge on any atom is -0.396 e. The molecular formula is C13H28O. The van der Waals surface area contributed by atoms with Gasteiger partial charge in [0.15, 0.2) is 0 Å². The van der Waals surface area contributed by atoms with Crippen LogP contribution in [0.1, 0.15) is 72.1 Å². The Bertz CT molecular complexity index is 118.